The average molecular weight is 439 g/mol. The molecule has 6 nitrogen and oxygen atoms in total. The Bertz CT molecular complexity index is 1260. The predicted octanol–water partition coefficient (Wildman–Crippen LogP) is 4.53. The number of nitrogens with zero attached hydrogens (tertiary/aromatic N) is 3. The van der Waals surface area contributed by atoms with Crippen molar-refractivity contribution in [3.05, 3.63) is 107 Å². The lowest BCUT2D eigenvalue weighted by molar-refractivity contribution is 0.0946. The van der Waals surface area contributed by atoms with Crippen molar-refractivity contribution in [3.8, 4) is 11.4 Å². The summed E-state index contributed by atoms with van der Waals surface area (Å²) in [6, 6.07) is 24.3. The molecule has 0 atom stereocenters. The molecule has 1 aromatic heterocycles. The molecular weight excluding hydrogens is 412 g/mol. The van der Waals surface area contributed by atoms with Gasteiger partial charge in [0.25, 0.3) is 5.91 Å². The lowest BCUT2D eigenvalue weighted by Gasteiger charge is -2.28. The topological polar surface area (TPSA) is 71.3 Å². The third kappa shape index (κ3) is 5.02. The van der Waals surface area contributed by atoms with Gasteiger partial charge >= 0.3 is 0 Å². The summed E-state index contributed by atoms with van der Waals surface area (Å²) in [5.74, 6) is 0.734. The molecule has 0 unspecified atom stereocenters. The van der Waals surface area contributed by atoms with Crippen molar-refractivity contribution in [3.63, 3.8) is 0 Å². The van der Waals surface area contributed by atoms with Gasteiger partial charge in [-0.1, -0.05) is 65.3 Å². The van der Waals surface area contributed by atoms with E-state index in [1.807, 2.05) is 55.5 Å². The van der Waals surface area contributed by atoms with Crippen LogP contribution in [0.15, 0.2) is 77.3 Å². The molecule has 1 amide bonds. The third-order valence-electron chi connectivity index (χ3n) is 5.98. The number of nitrogens with one attached hydrogen (secondary N) is 1. The van der Waals surface area contributed by atoms with E-state index in [9.17, 15) is 4.79 Å². The number of fused-ring (bicyclic) bond motifs is 1. The molecule has 2 heterocycles. The van der Waals surface area contributed by atoms with Crippen LogP contribution in [0.5, 0.6) is 0 Å². The maximum atomic E-state index is 12.6. The molecule has 0 bridgehead atoms. The molecule has 6 heteroatoms. The molecular formula is C27H26N4O2. The number of carbonyl (C=O) groups excluding carboxylic acids is 1. The average Bonchev–Trinajstić information content (AvgIpc) is 3.32. The minimum Gasteiger partial charge on any atom is -0.343 e. The van der Waals surface area contributed by atoms with Crippen LogP contribution in [0.2, 0.25) is 0 Å². The fraction of sp³-hybridized carbons (Fsp3) is 0.222. The first kappa shape index (κ1) is 21.1. The largest absolute Gasteiger partial charge is 0.343 e. The summed E-state index contributed by atoms with van der Waals surface area (Å²) < 4.78 is 5.29. The molecule has 1 aliphatic rings. The Hall–Kier alpha value is -3.77. The lowest BCUT2D eigenvalue weighted by Crippen LogP contribution is -2.30. The van der Waals surface area contributed by atoms with Crippen LogP contribution in [0.3, 0.4) is 0 Å². The Balaban J connectivity index is 1.15. The van der Waals surface area contributed by atoms with Crippen molar-refractivity contribution in [1.29, 1.82) is 0 Å². The second-order valence-corrected chi connectivity index (χ2v) is 8.49. The maximum absolute atomic E-state index is 12.6. The SMILES string of the molecule is Cc1cccc(-c2noc(CNC(=O)c3ccc(CN4CCc5ccccc5C4)cc3)n2)c1. The van der Waals surface area contributed by atoms with Gasteiger partial charge in [-0.05, 0) is 48.2 Å². The van der Waals surface area contributed by atoms with Gasteiger partial charge in [0.1, 0.15) is 0 Å². The molecule has 5 rings (SSSR count). The van der Waals surface area contributed by atoms with Crippen molar-refractivity contribution in [2.45, 2.75) is 33.0 Å². The van der Waals surface area contributed by atoms with Gasteiger partial charge in [-0.2, -0.15) is 4.98 Å². The zero-order chi connectivity index (χ0) is 22.6. The standard InChI is InChI=1S/C27H26N4O2/c1-19-5-4-8-23(15-19)26-29-25(33-30-26)16-28-27(32)22-11-9-20(10-12-22)17-31-14-13-21-6-2-3-7-24(21)18-31/h2-12,15H,13-14,16-18H2,1H3,(H,28,32). The second kappa shape index (κ2) is 9.38. The number of hydrogen-bond acceptors (Lipinski definition) is 5. The van der Waals surface area contributed by atoms with E-state index in [0.29, 0.717) is 17.3 Å². The summed E-state index contributed by atoms with van der Waals surface area (Å²) in [6.45, 7) is 5.09. The van der Waals surface area contributed by atoms with Crippen LogP contribution in [0.1, 0.15) is 38.5 Å². The Morgan fingerprint density at radius 1 is 1.03 bits per heavy atom. The zero-order valence-electron chi connectivity index (χ0n) is 18.6. The molecule has 0 saturated heterocycles. The van der Waals surface area contributed by atoms with Crippen LogP contribution < -0.4 is 5.32 Å². The van der Waals surface area contributed by atoms with Crippen LogP contribution in [-0.2, 0) is 26.1 Å². The van der Waals surface area contributed by atoms with E-state index in [1.165, 1.54) is 16.7 Å². The summed E-state index contributed by atoms with van der Waals surface area (Å²) >= 11 is 0. The summed E-state index contributed by atoms with van der Waals surface area (Å²) in [5.41, 5.74) is 6.69. The fourth-order valence-electron chi connectivity index (χ4n) is 4.19. The van der Waals surface area contributed by atoms with Gasteiger partial charge in [-0.15, -0.1) is 0 Å². The van der Waals surface area contributed by atoms with Gasteiger partial charge in [0.15, 0.2) is 0 Å². The van der Waals surface area contributed by atoms with Crippen LogP contribution in [0.4, 0.5) is 0 Å². The minimum absolute atomic E-state index is 0.163. The Morgan fingerprint density at radius 2 is 1.85 bits per heavy atom. The molecule has 0 saturated carbocycles. The van der Waals surface area contributed by atoms with E-state index in [4.69, 9.17) is 4.52 Å². The van der Waals surface area contributed by atoms with E-state index in [-0.39, 0.29) is 12.5 Å². The second-order valence-electron chi connectivity index (χ2n) is 8.49. The van der Waals surface area contributed by atoms with Gasteiger partial charge in [0.05, 0.1) is 6.54 Å². The van der Waals surface area contributed by atoms with Crippen LogP contribution in [0, 0.1) is 6.92 Å². The van der Waals surface area contributed by atoms with Gasteiger partial charge in [0, 0.05) is 30.8 Å². The maximum Gasteiger partial charge on any atom is 0.251 e. The van der Waals surface area contributed by atoms with Gasteiger partial charge in [0.2, 0.25) is 11.7 Å². The molecule has 1 aliphatic heterocycles. The van der Waals surface area contributed by atoms with Crippen LogP contribution in [-0.4, -0.2) is 27.5 Å². The first-order chi connectivity index (χ1) is 16.1. The highest BCUT2D eigenvalue weighted by Crippen LogP contribution is 2.20. The number of carbonyl (C=O) groups is 1. The smallest absolute Gasteiger partial charge is 0.251 e. The van der Waals surface area contributed by atoms with Gasteiger partial charge < -0.3 is 9.84 Å². The van der Waals surface area contributed by atoms with Crippen molar-refractivity contribution in [2.24, 2.45) is 0 Å². The van der Waals surface area contributed by atoms with Crippen molar-refractivity contribution in [2.75, 3.05) is 6.54 Å². The zero-order valence-corrected chi connectivity index (χ0v) is 18.6. The summed E-state index contributed by atoms with van der Waals surface area (Å²) in [5, 5.41) is 6.88. The summed E-state index contributed by atoms with van der Waals surface area (Å²) in [7, 11) is 0. The quantitative estimate of drug-likeness (QED) is 0.479. The highest BCUT2D eigenvalue weighted by Gasteiger charge is 2.16. The monoisotopic (exact) mass is 438 g/mol. The van der Waals surface area contributed by atoms with E-state index < -0.39 is 0 Å². The number of amides is 1. The number of benzene rings is 3. The molecule has 4 aromatic rings. The first-order valence-electron chi connectivity index (χ1n) is 11.2. The molecule has 0 spiro atoms. The van der Waals surface area contributed by atoms with Gasteiger partial charge in [-0.3, -0.25) is 9.69 Å². The summed E-state index contributed by atoms with van der Waals surface area (Å²) in [4.78, 5) is 19.4. The minimum atomic E-state index is -0.163. The Labute approximate surface area is 193 Å². The molecule has 0 fully saturated rings. The normalized spacial score (nSPS) is 13.5. The number of aromatic nitrogens is 2. The Kier molecular flexibility index (Phi) is 6.00. The van der Waals surface area contributed by atoms with E-state index in [0.717, 1.165) is 37.2 Å². The molecule has 0 aliphatic carbocycles. The first-order valence-corrected chi connectivity index (χ1v) is 11.2. The number of rotatable bonds is 6. The highest BCUT2D eigenvalue weighted by molar-refractivity contribution is 5.94. The number of aryl methyl sites for hydroxylation is 1. The van der Waals surface area contributed by atoms with Crippen LogP contribution >= 0.6 is 0 Å². The molecule has 0 radical (unpaired) electrons. The van der Waals surface area contributed by atoms with Crippen molar-refractivity contribution < 1.29 is 9.32 Å². The predicted molar refractivity (Wildman–Crippen MR) is 126 cm³/mol. The summed E-state index contributed by atoms with van der Waals surface area (Å²) in [6.07, 6.45) is 1.08. The van der Waals surface area contributed by atoms with Crippen molar-refractivity contribution >= 4 is 5.91 Å². The van der Waals surface area contributed by atoms with E-state index >= 15 is 0 Å². The van der Waals surface area contributed by atoms with E-state index in [2.05, 4.69) is 44.6 Å². The third-order valence-corrected chi connectivity index (χ3v) is 5.98. The molecule has 166 valence electrons. The Morgan fingerprint density at radius 3 is 2.67 bits per heavy atom. The number of hydrogen-bond donors (Lipinski definition) is 1. The molecule has 3 aromatic carbocycles. The van der Waals surface area contributed by atoms with E-state index in [1.54, 1.807) is 0 Å². The van der Waals surface area contributed by atoms with Gasteiger partial charge in [-0.25, -0.2) is 0 Å². The van der Waals surface area contributed by atoms with Crippen molar-refractivity contribution in [1.82, 2.24) is 20.4 Å². The molecule has 1 N–H and O–H groups in total. The fourth-order valence-corrected chi connectivity index (χ4v) is 4.19. The molecule has 33 heavy (non-hydrogen) atoms. The highest BCUT2D eigenvalue weighted by atomic mass is 16.5. The lowest BCUT2D eigenvalue weighted by atomic mass is 9.99. The van der Waals surface area contributed by atoms with Crippen LogP contribution in [0.25, 0.3) is 11.4 Å².